The van der Waals surface area contributed by atoms with Crippen LogP contribution < -0.4 is 11.1 Å². The van der Waals surface area contributed by atoms with Crippen LogP contribution in [0.15, 0.2) is 54.6 Å². The van der Waals surface area contributed by atoms with Gasteiger partial charge in [0.1, 0.15) is 11.4 Å². The van der Waals surface area contributed by atoms with E-state index in [1.54, 1.807) is 6.92 Å². The van der Waals surface area contributed by atoms with Crippen LogP contribution in [0.2, 0.25) is 0 Å². The summed E-state index contributed by atoms with van der Waals surface area (Å²) in [5.41, 5.74) is 6.54. The molecule has 2 atom stereocenters. The summed E-state index contributed by atoms with van der Waals surface area (Å²) in [7, 11) is 1.54. The second-order valence-electron chi connectivity index (χ2n) is 9.59. The maximum Gasteiger partial charge on any atom is 0.416 e. The highest BCUT2D eigenvalue weighted by Gasteiger charge is 2.47. The summed E-state index contributed by atoms with van der Waals surface area (Å²) in [5, 5.41) is 2.66. The zero-order valence-electron chi connectivity index (χ0n) is 21.7. The summed E-state index contributed by atoms with van der Waals surface area (Å²) >= 11 is 0. The quantitative estimate of drug-likeness (QED) is 0.459. The number of nitrogens with two attached hydrogens (primary N) is 1. The molecule has 2 amide bonds. The summed E-state index contributed by atoms with van der Waals surface area (Å²) in [6.45, 7) is 4.72. The highest BCUT2D eigenvalue weighted by Crippen LogP contribution is 2.42. The Kier molecular flexibility index (Phi) is 7.64. The summed E-state index contributed by atoms with van der Waals surface area (Å²) in [6.07, 6.45) is -2.95. The van der Waals surface area contributed by atoms with E-state index >= 15 is 0 Å². The summed E-state index contributed by atoms with van der Waals surface area (Å²) < 4.78 is 41.3. The molecule has 202 valence electrons. The summed E-state index contributed by atoms with van der Waals surface area (Å²) in [4.78, 5) is 32.7. The minimum absolute atomic E-state index is 0.284. The Balaban J connectivity index is 1.81. The van der Waals surface area contributed by atoms with Gasteiger partial charge in [0.2, 0.25) is 5.91 Å². The Labute approximate surface area is 219 Å². The molecule has 0 fully saturated rings. The van der Waals surface area contributed by atoms with Crippen molar-refractivity contribution in [1.82, 2.24) is 19.8 Å². The van der Waals surface area contributed by atoms with E-state index in [1.165, 1.54) is 19.2 Å². The van der Waals surface area contributed by atoms with Crippen LogP contribution in [0.25, 0.3) is 0 Å². The summed E-state index contributed by atoms with van der Waals surface area (Å²) in [6, 6.07) is 13.9. The molecule has 2 heterocycles. The van der Waals surface area contributed by atoms with Crippen LogP contribution in [0.5, 0.6) is 0 Å². The normalized spacial score (nSPS) is 17.5. The minimum atomic E-state index is -4.41. The van der Waals surface area contributed by atoms with Crippen LogP contribution in [0, 0.1) is 0 Å². The van der Waals surface area contributed by atoms with E-state index < -0.39 is 29.2 Å². The lowest BCUT2D eigenvalue weighted by molar-refractivity contribution is -0.137. The number of hydrogen-bond acceptors (Lipinski definition) is 4. The lowest BCUT2D eigenvalue weighted by Crippen LogP contribution is -2.57. The Hall–Kier alpha value is -3.66. The number of aryl methyl sites for hydroxylation is 2. The molecule has 0 saturated carbocycles. The third kappa shape index (κ3) is 4.92. The molecule has 0 aliphatic carbocycles. The van der Waals surface area contributed by atoms with Gasteiger partial charge in [0, 0.05) is 26.6 Å². The lowest BCUT2D eigenvalue weighted by atomic mass is 9.85. The molecule has 1 aliphatic heterocycles. The van der Waals surface area contributed by atoms with Crippen molar-refractivity contribution in [2.24, 2.45) is 5.73 Å². The van der Waals surface area contributed by atoms with Gasteiger partial charge in [-0.3, -0.25) is 14.5 Å². The Morgan fingerprint density at radius 1 is 1.05 bits per heavy atom. The lowest BCUT2D eigenvalue weighted by Gasteiger charge is -2.47. The van der Waals surface area contributed by atoms with Crippen LogP contribution in [0.3, 0.4) is 0 Å². The molecular weight excluding hydrogens is 495 g/mol. The fraction of sp³-hybridized carbons (Fsp3) is 0.393. The van der Waals surface area contributed by atoms with Gasteiger partial charge in [0.05, 0.1) is 17.3 Å². The van der Waals surface area contributed by atoms with E-state index in [9.17, 15) is 22.8 Å². The summed E-state index contributed by atoms with van der Waals surface area (Å²) in [5.74, 6) is -0.109. The van der Waals surface area contributed by atoms with E-state index in [2.05, 4.69) is 10.3 Å². The number of benzene rings is 2. The number of amides is 2. The molecule has 2 unspecified atom stereocenters. The van der Waals surface area contributed by atoms with E-state index in [0.717, 1.165) is 23.5 Å². The van der Waals surface area contributed by atoms with Gasteiger partial charge in [0.25, 0.3) is 5.91 Å². The average molecular weight is 528 g/mol. The maximum atomic E-state index is 13.1. The molecular formula is C28H32F3N5O2. The zero-order valence-corrected chi connectivity index (χ0v) is 21.7. The fourth-order valence-electron chi connectivity index (χ4n) is 5.37. The van der Waals surface area contributed by atoms with Gasteiger partial charge in [-0.2, -0.15) is 13.2 Å². The van der Waals surface area contributed by atoms with Gasteiger partial charge in [-0.25, -0.2) is 4.98 Å². The smallest absolute Gasteiger partial charge is 0.368 e. The molecule has 10 heteroatoms. The Morgan fingerprint density at radius 2 is 1.71 bits per heavy atom. The second-order valence-corrected chi connectivity index (χ2v) is 9.59. The van der Waals surface area contributed by atoms with Crippen LogP contribution in [0.1, 0.15) is 65.0 Å². The molecule has 0 radical (unpaired) electrons. The molecule has 0 spiro atoms. The first kappa shape index (κ1) is 27.4. The number of nitrogens with one attached hydrogen (secondary N) is 1. The number of hydrogen-bond donors (Lipinski definition) is 2. The van der Waals surface area contributed by atoms with Crippen molar-refractivity contribution in [2.75, 3.05) is 13.6 Å². The molecule has 0 bridgehead atoms. The van der Waals surface area contributed by atoms with Crippen molar-refractivity contribution in [2.45, 2.75) is 57.4 Å². The van der Waals surface area contributed by atoms with Gasteiger partial charge in [0.15, 0.2) is 5.69 Å². The van der Waals surface area contributed by atoms with E-state index in [4.69, 9.17) is 5.73 Å². The zero-order chi connectivity index (χ0) is 27.7. The topological polar surface area (TPSA) is 93.2 Å². The molecule has 38 heavy (non-hydrogen) atoms. The molecule has 4 rings (SSSR count). The first-order valence-corrected chi connectivity index (χ1v) is 12.6. The van der Waals surface area contributed by atoms with Crippen molar-refractivity contribution < 1.29 is 22.8 Å². The average Bonchev–Trinajstić information content (AvgIpc) is 3.30. The number of carbonyl (C=O) groups excluding carboxylic acids is 2. The van der Waals surface area contributed by atoms with Crippen LogP contribution in [0.4, 0.5) is 13.2 Å². The number of carbonyl (C=O) groups is 2. The van der Waals surface area contributed by atoms with Gasteiger partial charge in [-0.05, 0) is 43.0 Å². The van der Waals surface area contributed by atoms with E-state index in [1.807, 2.05) is 46.7 Å². The Morgan fingerprint density at radius 3 is 2.26 bits per heavy atom. The van der Waals surface area contributed by atoms with Crippen LogP contribution >= 0.6 is 0 Å². The monoisotopic (exact) mass is 527 g/mol. The third-order valence-electron chi connectivity index (χ3n) is 7.48. The van der Waals surface area contributed by atoms with E-state index in [0.29, 0.717) is 43.6 Å². The molecule has 2 aromatic carbocycles. The first-order chi connectivity index (χ1) is 18.0. The highest BCUT2D eigenvalue weighted by atomic mass is 19.4. The number of rotatable bonds is 8. The predicted octanol–water partition coefficient (Wildman–Crippen LogP) is 4.21. The fourth-order valence-corrected chi connectivity index (χ4v) is 5.37. The van der Waals surface area contributed by atoms with Crippen LogP contribution in [-0.2, 0) is 35.9 Å². The van der Waals surface area contributed by atoms with Crippen molar-refractivity contribution in [3.8, 4) is 0 Å². The van der Waals surface area contributed by atoms with Gasteiger partial charge in [-0.1, -0.05) is 49.4 Å². The molecule has 3 N–H and O–H groups in total. The van der Waals surface area contributed by atoms with Gasteiger partial charge >= 0.3 is 6.18 Å². The van der Waals surface area contributed by atoms with Crippen molar-refractivity contribution in [1.29, 1.82) is 0 Å². The van der Waals surface area contributed by atoms with Crippen molar-refractivity contribution >= 4 is 11.8 Å². The number of alkyl halides is 3. The van der Waals surface area contributed by atoms with Crippen molar-refractivity contribution in [3.63, 3.8) is 0 Å². The standard InChI is InChI=1S/C28H32F3N5O2/c1-4-22-34-23(25(37)33-3)24-21(15-12-18-10-13-20(14-11-18)28(29,30)31)36(17-16-35(22)24)27(2,26(32)38)19-8-6-5-7-9-19/h5-11,13-14,21H,4,12,15-17H2,1-3H3,(H2,32,38)(H,33,37). The third-order valence-corrected chi connectivity index (χ3v) is 7.48. The number of imidazole rings is 1. The maximum absolute atomic E-state index is 13.1. The number of aromatic nitrogens is 2. The molecule has 1 aliphatic rings. The number of fused-ring (bicyclic) bond motifs is 1. The molecule has 0 saturated heterocycles. The first-order valence-electron chi connectivity index (χ1n) is 12.6. The van der Waals surface area contributed by atoms with Gasteiger partial charge in [-0.15, -0.1) is 0 Å². The molecule has 3 aromatic rings. The molecule has 7 nitrogen and oxygen atoms in total. The largest absolute Gasteiger partial charge is 0.416 e. The minimum Gasteiger partial charge on any atom is -0.368 e. The van der Waals surface area contributed by atoms with E-state index in [-0.39, 0.29) is 11.6 Å². The van der Waals surface area contributed by atoms with Gasteiger partial charge < -0.3 is 15.6 Å². The number of halogens is 3. The number of primary amides is 1. The predicted molar refractivity (Wildman–Crippen MR) is 137 cm³/mol. The second kappa shape index (κ2) is 10.6. The highest BCUT2D eigenvalue weighted by molar-refractivity contribution is 5.93. The molecule has 1 aromatic heterocycles. The Bertz CT molecular complexity index is 1300. The van der Waals surface area contributed by atoms with Crippen LogP contribution in [-0.4, -0.2) is 39.9 Å². The SMILES string of the molecule is CCc1nc(C(=O)NC)c2n1CCN(C(C)(C(N)=O)c1ccccc1)C2CCc1ccc(C(F)(F)F)cc1. The van der Waals surface area contributed by atoms with Crippen molar-refractivity contribution in [3.05, 3.63) is 88.5 Å². The number of nitrogens with zero attached hydrogens (tertiary/aromatic N) is 3.